The highest BCUT2D eigenvalue weighted by molar-refractivity contribution is 6.36. The summed E-state index contributed by atoms with van der Waals surface area (Å²) in [7, 11) is 1.54. The van der Waals surface area contributed by atoms with E-state index in [4.69, 9.17) is 9.47 Å². The molecule has 1 aliphatic heterocycles. The maximum Gasteiger partial charge on any atom is 0.278 e. The van der Waals surface area contributed by atoms with Crippen molar-refractivity contribution in [1.82, 2.24) is 4.90 Å². The molecule has 0 fully saturated rings. The highest BCUT2D eigenvalue weighted by Crippen LogP contribution is 2.32. The molecule has 0 unspecified atom stereocenters. The zero-order chi connectivity index (χ0) is 22.6. The van der Waals surface area contributed by atoms with E-state index in [-0.39, 0.29) is 36.1 Å². The number of hydrogen-bond acceptors (Lipinski definition) is 5. The van der Waals surface area contributed by atoms with E-state index in [0.717, 1.165) is 5.69 Å². The van der Waals surface area contributed by atoms with Gasteiger partial charge in [-0.15, -0.1) is 0 Å². The van der Waals surface area contributed by atoms with E-state index in [9.17, 15) is 9.59 Å². The van der Waals surface area contributed by atoms with Gasteiger partial charge in [0.05, 0.1) is 25.3 Å². The third-order valence-corrected chi connectivity index (χ3v) is 5.16. The zero-order valence-electron chi connectivity index (χ0n) is 18.8. The first-order valence-corrected chi connectivity index (χ1v) is 10.5. The van der Waals surface area contributed by atoms with Crippen molar-refractivity contribution in [1.29, 1.82) is 0 Å². The second-order valence-electron chi connectivity index (χ2n) is 8.41. The number of benzene rings is 2. The van der Waals surface area contributed by atoms with Crippen LogP contribution in [0.5, 0.6) is 5.75 Å². The lowest BCUT2D eigenvalue weighted by molar-refractivity contribution is -0.137. The molecule has 0 spiro atoms. The van der Waals surface area contributed by atoms with Gasteiger partial charge in [0.2, 0.25) is 0 Å². The normalized spacial score (nSPS) is 14.4. The molecule has 2 aromatic rings. The fourth-order valence-corrected chi connectivity index (χ4v) is 3.43. The van der Waals surface area contributed by atoms with Crippen molar-refractivity contribution in [3.63, 3.8) is 0 Å². The highest BCUT2D eigenvalue weighted by Gasteiger charge is 2.39. The Balaban J connectivity index is 1.97. The van der Waals surface area contributed by atoms with Crippen LogP contribution in [-0.4, -0.2) is 43.6 Å². The number of carbonyl (C=O) groups is 2. The molecule has 1 heterocycles. The van der Waals surface area contributed by atoms with E-state index in [1.54, 1.807) is 31.4 Å². The number of hydrogen-bond donors (Lipinski definition) is 1. The Labute approximate surface area is 183 Å². The van der Waals surface area contributed by atoms with Crippen LogP contribution in [0.15, 0.2) is 54.2 Å². The van der Waals surface area contributed by atoms with Crippen LogP contribution >= 0.6 is 0 Å². The SMILES string of the molecule is CCOc1ccc(C2=C(Nc3ccc(C(C)(C)C)cc3)C(=O)N(CCOC)C2=O)cc1. The minimum atomic E-state index is -0.356. The van der Waals surface area contributed by atoms with Gasteiger partial charge in [-0.1, -0.05) is 45.0 Å². The van der Waals surface area contributed by atoms with Crippen molar-refractivity contribution in [2.75, 3.05) is 32.2 Å². The number of ether oxygens (including phenoxy) is 2. The van der Waals surface area contributed by atoms with Crippen molar-refractivity contribution in [2.45, 2.75) is 33.1 Å². The molecular weight excluding hydrogens is 392 g/mol. The Morgan fingerprint density at radius 1 is 0.935 bits per heavy atom. The zero-order valence-corrected chi connectivity index (χ0v) is 18.8. The van der Waals surface area contributed by atoms with Crippen LogP contribution < -0.4 is 10.1 Å². The fraction of sp³-hybridized carbons (Fsp3) is 0.360. The maximum absolute atomic E-state index is 13.1. The molecule has 6 heteroatoms. The number of nitrogens with one attached hydrogen (secondary N) is 1. The van der Waals surface area contributed by atoms with Gasteiger partial charge in [0.15, 0.2) is 0 Å². The van der Waals surface area contributed by atoms with Gasteiger partial charge >= 0.3 is 0 Å². The number of rotatable bonds is 8. The predicted molar refractivity (Wildman–Crippen MR) is 122 cm³/mol. The van der Waals surface area contributed by atoms with Crippen molar-refractivity contribution in [3.8, 4) is 5.75 Å². The summed E-state index contributed by atoms with van der Waals surface area (Å²) in [6.45, 7) is 9.39. The van der Waals surface area contributed by atoms with Gasteiger partial charge in [0.1, 0.15) is 11.4 Å². The molecule has 0 atom stereocenters. The Hall–Kier alpha value is -3.12. The molecule has 6 nitrogen and oxygen atoms in total. The van der Waals surface area contributed by atoms with Crippen LogP contribution in [0.25, 0.3) is 5.57 Å². The third-order valence-electron chi connectivity index (χ3n) is 5.16. The van der Waals surface area contributed by atoms with Crippen LogP contribution in [0.4, 0.5) is 5.69 Å². The predicted octanol–water partition coefficient (Wildman–Crippen LogP) is 4.22. The first-order valence-electron chi connectivity index (χ1n) is 10.5. The van der Waals surface area contributed by atoms with E-state index in [1.807, 2.05) is 31.2 Å². The summed E-state index contributed by atoms with van der Waals surface area (Å²) in [5.41, 5.74) is 3.25. The smallest absolute Gasteiger partial charge is 0.278 e. The lowest BCUT2D eigenvalue weighted by Crippen LogP contribution is -2.35. The Morgan fingerprint density at radius 2 is 1.58 bits per heavy atom. The highest BCUT2D eigenvalue weighted by atomic mass is 16.5. The number of methoxy groups -OCH3 is 1. The number of imide groups is 1. The fourth-order valence-electron chi connectivity index (χ4n) is 3.43. The summed E-state index contributed by atoms with van der Waals surface area (Å²) in [4.78, 5) is 27.5. The third kappa shape index (κ3) is 4.97. The van der Waals surface area contributed by atoms with Gasteiger partial charge in [-0.2, -0.15) is 0 Å². The second kappa shape index (κ2) is 9.35. The molecule has 0 aromatic heterocycles. The monoisotopic (exact) mass is 422 g/mol. The molecular formula is C25H30N2O4. The van der Waals surface area contributed by atoms with Gasteiger partial charge in [-0.25, -0.2) is 0 Å². The van der Waals surface area contributed by atoms with Gasteiger partial charge in [-0.05, 0) is 47.7 Å². The average molecular weight is 423 g/mol. The Kier molecular flexibility index (Phi) is 6.81. The number of carbonyl (C=O) groups excluding carboxylic acids is 2. The summed E-state index contributed by atoms with van der Waals surface area (Å²) < 4.78 is 10.6. The van der Waals surface area contributed by atoms with Crippen LogP contribution in [0.2, 0.25) is 0 Å². The van der Waals surface area contributed by atoms with Crippen LogP contribution in [-0.2, 0) is 19.7 Å². The van der Waals surface area contributed by atoms with Gasteiger partial charge in [0.25, 0.3) is 11.8 Å². The Morgan fingerprint density at radius 3 is 2.13 bits per heavy atom. The first-order chi connectivity index (χ1) is 14.8. The maximum atomic E-state index is 13.1. The molecule has 3 rings (SSSR count). The van der Waals surface area contributed by atoms with E-state index in [2.05, 4.69) is 26.1 Å². The molecule has 0 bridgehead atoms. The standard InChI is InChI=1S/C25H30N2O4/c1-6-31-20-13-7-17(8-14-20)21-22(24(29)27(23(21)28)15-16-30-5)26-19-11-9-18(10-12-19)25(2,3)4/h7-14,26H,6,15-16H2,1-5H3. The van der Waals surface area contributed by atoms with Gasteiger partial charge < -0.3 is 14.8 Å². The molecule has 164 valence electrons. The van der Waals surface area contributed by atoms with Crippen molar-refractivity contribution in [2.24, 2.45) is 0 Å². The first kappa shape index (κ1) is 22.6. The van der Waals surface area contributed by atoms with E-state index in [1.165, 1.54) is 10.5 Å². The van der Waals surface area contributed by atoms with E-state index < -0.39 is 0 Å². The molecule has 0 saturated heterocycles. The molecule has 0 saturated carbocycles. The summed E-state index contributed by atoms with van der Waals surface area (Å²) >= 11 is 0. The van der Waals surface area contributed by atoms with Crippen molar-refractivity contribution in [3.05, 3.63) is 65.4 Å². The van der Waals surface area contributed by atoms with Gasteiger partial charge in [0, 0.05) is 12.8 Å². The molecule has 1 N–H and O–H groups in total. The minimum Gasteiger partial charge on any atom is -0.494 e. The molecule has 1 aliphatic rings. The minimum absolute atomic E-state index is 0.0291. The number of nitrogens with zero attached hydrogens (tertiary/aromatic N) is 1. The summed E-state index contributed by atoms with van der Waals surface area (Å²) in [6, 6.07) is 15.1. The summed E-state index contributed by atoms with van der Waals surface area (Å²) in [6.07, 6.45) is 0. The lowest BCUT2D eigenvalue weighted by atomic mass is 9.87. The second-order valence-corrected chi connectivity index (χ2v) is 8.41. The number of amides is 2. The molecule has 0 radical (unpaired) electrons. The topological polar surface area (TPSA) is 67.9 Å². The molecule has 31 heavy (non-hydrogen) atoms. The molecule has 2 aromatic carbocycles. The summed E-state index contributed by atoms with van der Waals surface area (Å²) in [5, 5.41) is 3.19. The quantitative estimate of drug-likeness (QED) is 0.645. The van der Waals surface area contributed by atoms with E-state index >= 15 is 0 Å². The van der Waals surface area contributed by atoms with Crippen molar-refractivity contribution >= 4 is 23.1 Å². The summed E-state index contributed by atoms with van der Waals surface area (Å²) in [5.74, 6) is 0.0259. The molecule has 2 amide bonds. The Bertz CT molecular complexity index is 970. The lowest BCUT2D eigenvalue weighted by Gasteiger charge is -2.19. The molecule has 0 aliphatic carbocycles. The van der Waals surface area contributed by atoms with Crippen molar-refractivity contribution < 1.29 is 19.1 Å². The van der Waals surface area contributed by atoms with Crippen LogP contribution in [0.3, 0.4) is 0 Å². The van der Waals surface area contributed by atoms with Crippen LogP contribution in [0.1, 0.15) is 38.8 Å². The number of anilines is 1. The largest absolute Gasteiger partial charge is 0.494 e. The average Bonchev–Trinajstić information content (AvgIpc) is 2.96. The van der Waals surface area contributed by atoms with Gasteiger partial charge in [-0.3, -0.25) is 14.5 Å². The van der Waals surface area contributed by atoms with E-state index in [0.29, 0.717) is 23.5 Å². The van der Waals surface area contributed by atoms with Crippen LogP contribution in [0, 0.1) is 0 Å².